The summed E-state index contributed by atoms with van der Waals surface area (Å²) in [6.07, 6.45) is 0. The normalized spacial score (nSPS) is 11.1. The molecule has 1 aromatic carbocycles. The minimum atomic E-state index is -0.316. The fourth-order valence-corrected chi connectivity index (χ4v) is 2.78. The average molecular weight is 405 g/mol. The van der Waals surface area contributed by atoms with Crippen molar-refractivity contribution >= 4 is 17.5 Å². The summed E-state index contributed by atoms with van der Waals surface area (Å²) in [6.45, 7) is 3.52. The maximum Gasteiger partial charge on any atom is 0.269 e. The van der Waals surface area contributed by atoms with Gasteiger partial charge >= 0.3 is 0 Å². The first-order valence-electron chi connectivity index (χ1n) is 8.71. The van der Waals surface area contributed by atoms with E-state index in [1.54, 1.807) is 37.4 Å². The molecule has 28 heavy (non-hydrogen) atoms. The van der Waals surface area contributed by atoms with Gasteiger partial charge in [-0.15, -0.1) is 5.10 Å². The van der Waals surface area contributed by atoms with Gasteiger partial charge in [-0.2, -0.15) is 0 Å². The van der Waals surface area contributed by atoms with Crippen molar-refractivity contribution in [3.8, 4) is 17.1 Å². The summed E-state index contributed by atoms with van der Waals surface area (Å²) in [6, 6.07) is 8.67. The Bertz CT molecular complexity index is 963. The van der Waals surface area contributed by atoms with Crippen LogP contribution in [0.2, 0.25) is 5.02 Å². The molecule has 148 valence electrons. The maximum absolute atomic E-state index is 12.2. The van der Waals surface area contributed by atoms with Gasteiger partial charge in [-0.3, -0.25) is 9.48 Å². The van der Waals surface area contributed by atoms with Gasteiger partial charge in [-0.25, -0.2) is 0 Å². The number of halogens is 1. The number of aryl methyl sites for hydroxylation is 1. The molecule has 0 aliphatic carbocycles. The third-order valence-corrected chi connectivity index (χ3v) is 4.26. The van der Waals surface area contributed by atoms with E-state index in [0.717, 1.165) is 5.56 Å². The molecule has 9 heteroatoms. The van der Waals surface area contributed by atoms with Gasteiger partial charge in [0.2, 0.25) is 5.88 Å². The highest BCUT2D eigenvalue weighted by molar-refractivity contribution is 6.30. The Morgan fingerprint density at radius 1 is 1.36 bits per heavy atom. The van der Waals surface area contributed by atoms with Crippen molar-refractivity contribution in [1.29, 1.82) is 0 Å². The van der Waals surface area contributed by atoms with Crippen molar-refractivity contribution < 1.29 is 19.2 Å². The van der Waals surface area contributed by atoms with E-state index >= 15 is 0 Å². The zero-order chi connectivity index (χ0) is 20.3. The van der Waals surface area contributed by atoms with Crippen LogP contribution in [0.5, 0.6) is 5.88 Å². The molecule has 0 aliphatic rings. The smallest absolute Gasteiger partial charge is 0.269 e. The Balaban J connectivity index is 1.80. The molecule has 8 nitrogen and oxygen atoms in total. The molecule has 0 fully saturated rings. The van der Waals surface area contributed by atoms with Crippen molar-refractivity contribution in [2.45, 2.75) is 33.1 Å². The van der Waals surface area contributed by atoms with Crippen LogP contribution < -0.4 is 10.1 Å². The number of ether oxygens (including phenoxy) is 1. The Hall–Kier alpha value is -2.84. The molecule has 1 amide bonds. The Kier molecular flexibility index (Phi) is 6.01. The zero-order valence-corrected chi connectivity index (χ0v) is 16.5. The molecule has 0 bridgehead atoms. The molecule has 0 spiro atoms. The van der Waals surface area contributed by atoms with Gasteiger partial charge in [0, 0.05) is 29.7 Å². The molecule has 3 aromatic rings. The average Bonchev–Trinajstić information content (AvgIpc) is 3.23. The first kappa shape index (κ1) is 19.9. The number of benzene rings is 1. The van der Waals surface area contributed by atoms with Crippen LogP contribution in [0.4, 0.5) is 0 Å². The SMILES string of the molecule is CC(C)NC(=O)c1cc(OCc2c(-c3ccc(Cl)cc3)noc2CO)nn1C. The summed E-state index contributed by atoms with van der Waals surface area (Å²) in [7, 11) is 1.67. The van der Waals surface area contributed by atoms with E-state index in [-0.39, 0.29) is 31.0 Å². The van der Waals surface area contributed by atoms with Crippen LogP contribution in [0.3, 0.4) is 0 Å². The lowest BCUT2D eigenvalue weighted by Gasteiger charge is -2.07. The quantitative estimate of drug-likeness (QED) is 0.627. The first-order chi connectivity index (χ1) is 13.4. The second-order valence-corrected chi connectivity index (χ2v) is 6.94. The fraction of sp³-hybridized carbons (Fsp3) is 0.316. The molecule has 2 N–H and O–H groups in total. The number of rotatable bonds is 7. The van der Waals surface area contributed by atoms with Gasteiger partial charge in [0.1, 0.15) is 24.6 Å². The number of carbonyl (C=O) groups is 1. The highest BCUT2D eigenvalue weighted by atomic mass is 35.5. The van der Waals surface area contributed by atoms with Gasteiger partial charge in [0.05, 0.1) is 5.56 Å². The second kappa shape index (κ2) is 8.45. The minimum absolute atomic E-state index is 0.0119. The number of nitrogens with zero attached hydrogens (tertiary/aromatic N) is 3. The molecule has 0 aliphatic heterocycles. The van der Waals surface area contributed by atoms with Crippen molar-refractivity contribution in [3.05, 3.63) is 52.4 Å². The summed E-state index contributed by atoms with van der Waals surface area (Å²) in [4.78, 5) is 12.2. The number of nitrogens with one attached hydrogen (secondary N) is 1. The van der Waals surface area contributed by atoms with Gasteiger partial charge in [0.25, 0.3) is 5.91 Å². The Labute approximate surface area is 167 Å². The third kappa shape index (κ3) is 4.35. The van der Waals surface area contributed by atoms with Gasteiger partial charge in [-0.05, 0) is 26.0 Å². The number of hydrogen-bond donors (Lipinski definition) is 2. The molecule has 0 saturated heterocycles. The summed E-state index contributed by atoms with van der Waals surface area (Å²) in [5.41, 5.74) is 2.32. The summed E-state index contributed by atoms with van der Waals surface area (Å²) < 4.78 is 12.4. The largest absolute Gasteiger partial charge is 0.471 e. The summed E-state index contributed by atoms with van der Waals surface area (Å²) >= 11 is 5.93. The van der Waals surface area contributed by atoms with E-state index in [9.17, 15) is 9.90 Å². The maximum atomic E-state index is 12.2. The number of aromatic nitrogens is 3. The van der Waals surface area contributed by atoms with E-state index in [2.05, 4.69) is 15.6 Å². The van der Waals surface area contributed by atoms with E-state index in [4.69, 9.17) is 20.9 Å². The highest BCUT2D eigenvalue weighted by Crippen LogP contribution is 2.28. The van der Waals surface area contributed by atoms with Gasteiger partial charge < -0.3 is 19.7 Å². The van der Waals surface area contributed by atoms with Crippen molar-refractivity contribution in [2.24, 2.45) is 7.05 Å². The van der Waals surface area contributed by atoms with Crippen LogP contribution in [-0.2, 0) is 20.3 Å². The van der Waals surface area contributed by atoms with Crippen LogP contribution >= 0.6 is 11.6 Å². The fourth-order valence-electron chi connectivity index (χ4n) is 2.66. The number of aliphatic hydroxyl groups excluding tert-OH is 1. The lowest BCUT2D eigenvalue weighted by atomic mass is 10.1. The van der Waals surface area contributed by atoms with Crippen molar-refractivity contribution in [1.82, 2.24) is 20.3 Å². The third-order valence-electron chi connectivity index (χ3n) is 4.01. The monoisotopic (exact) mass is 404 g/mol. The zero-order valence-electron chi connectivity index (χ0n) is 15.8. The molecule has 0 saturated carbocycles. The Morgan fingerprint density at radius 2 is 2.07 bits per heavy atom. The lowest BCUT2D eigenvalue weighted by Crippen LogP contribution is -2.31. The lowest BCUT2D eigenvalue weighted by molar-refractivity contribution is 0.0933. The molecule has 0 atom stereocenters. The van der Waals surface area contributed by atoms with E-state index in [1.807, 2.05) is 13.8 Å². The van der Waals surface area contributed by atoms with Gasteiger partial charge in [0.15, 0.2) is 5.76 Å². The molecule has 2 aromatic heterocycles. The van der Waals surface area contributed by atoms with Crippen molar-refractivity contribution in [3.63, 3.8) is 0 Å². The molecule has 0 unspecified atom stereocenters. The van der Waals surface area contributed by atoms with E-state index < -0.39 is 0 Å². The van der Waals surface area contributed by atoms with Gasteiger partial charge in [-0.1, -0.05) is 28.9 Å². The minimum Gasteiger partial charge on any atom is -0.471 e. The molecule has 2 heterocycles. The second-order valence-electron chi connectivity index (χ2n) is 6.51. The summed E-state index contributed by atoms with van der Waals surface area (Å²) in [5.74, 6) is 0.352. The number of hydrogen-bond acceptors (Lipinski definition) is 6. The topological polar surface area (TPSA) is 102 Å². The van der Waals surface area contributed by atoms with E-state index in [1.165, 1.54) is 4.68 Å². The Morgan fingerprint density at radius 3 is 2.71 bits per heavy atom. The highest BCUT2D eigenvalue weighted by Gasteiger charge is 2.20. The number of aliphatic hydroxyl groups is 1. The number of carbonyl (C=O) groups excluding carboxylic acids is 1. The van der Waals surface area contributed by atoms with Crippen LogP contribution in [0.15, 0.2) is 34.9 Å². The van der Waals surface area contributed by atoms with Crippen LogP contribution in [-0.4, -0.2) is 32.0 Å². The standard InChI is InChI=1S/C19H21ClN4O4/c1-11(2)21-19(26)15-8-17(22-24(15)3)27-10-14-16(9-25)28-23-18(14)12-4-6-13(20)7-5-12/h4-8,11,25H,9-10H2,1-3H3,(H,21,26). The predicted molar refractivity (Wildman–Crippen MR) is 103 cm³/mol. The van der Waals surface area contributed by atoms with E-state index in [0.29, 0.717) is 27.7 Å². The predicted octanol–water partition coefficient (Wildman–Crippen LogP) is 2.94. The van der Waals surface area contributed by atoms with Crippen LogP contribution in [0, 0.1) is 0 Å². The molecular formula is C19H21ClN4O4. The molecule has 3 rings (SSSR count). The molecular weight excluding hydrogens is 384 g/mol. The van der Waals surface area contributed by atoms with Crippen molar-refractivity contribution in [2.75, 3.05) is 0 Å². The van der Waals surface area contributed by atoms with Crippen LogP contribution in [0.1, 0.15) is 35.7 Å². The molecule has 0 radical (unpaired) electrons. The number of amides is 1. The summed E-state index contributed by atoms with van der Waals surface area (Å²) in [5, 5.41) is 21.2. The van der Waals surface area contributed by atoms with Crippen LogP contribution in [0.25, 0.3) is 11.3 Å². The first-order valence-corrected chi connectivity index (χ1v) is 9.08.